The van der Waals surface area contributed by atoms with Gasteiger partial charge in [0.1, 0.15) is 12.6 Å². The van der Waals surface area contributed by atoms with E-state index in [0.29, 0.717) is 19.8 Å². The van der Waals surface area contributed by atoms with Crippen LogP contribution in [-0.2, 0) is 25.7 Å². The van der Waals surface area contributed by atoms with Gasteiger partial charge in [-0.2, -0.15) is 0 Å². The van der Waals surface area contributed by atoms with E-state index in [1.54, 1.807) is 18.0 Å². The average Bonchev–Trinajstić information content (AvgIpc) is 3.20. The van der Waals surface area contributed by atoms with Crippen molar-refractivity contribution in [3.63, 3.8) is 0 Å². The second-order valence-electron chi connectivity index (χ2n) is 9.27. The number of rotatable bonds is 8. The summed E-state index contributed by atoms with van der Waals surface area (Å²) in [7, 11) is 1.72. The highest BCUT2D eigenvalue weighted by molar-refractivity contribution is 5.98. The molecule has 184 valence electrons. The van der Waals surface area contributed by atoms with Gasteiger partial charge in [0, 0.05) is 44.1 Å². The number of carbonyl (C=O) groups excluding carboxylic acids is 3. The predicted octanol–water partition coefficient (Wildman–Crippen LogP) is 2.86. The molecule has 0 N–H and O–H groups in total. The predicted molar refractivity (Wildman–Crippen MR) is 136 cm³/mol. The number of hydrogen-bond donors (Lipinski definition) is 0. The number of morpholine rings is 1. The van der Waals surface area contributed by atoms with Crippen LogP contribution in [0.25, 0.3) is 0 Å². The quantitative estimate of drug-likeness (QED) is 0.432. The fourth-order valence-corrected chi connectivity index (χ4v) is 5.30. The van der Waals surface area contributed by atoms with E-state index in [0.717, 1.165) is 48.2 Å². The maximum atomic E-state index is 13.8. The number of nitrogens with zero attached hydrogens (tertiary/aromatic N) is 3. The first-order valence-corrected chi connectivity index (χ1v) is 12.0. The molecule has 0 aliphatic carbocycles. The van der Waals surface area contributed by atoms with Crippen molar-refractivity contribution in [1.29, 1.82) is 0 Å². The average molecular weight is 476 g/mol. The molecule has 0 spiro atoms. The molecule has 1 amide bonds. The lowest BCUT2D eigenvalue weighted by atomic mass is 9.87. The minimum absolute atomic E-state index is 0.204. The summed E-state index contributed by atoms with van der Waals surface area (Å²) >= 11 is 0. The molecule has 35 heavy (non-hydrogen) atoms. The molecule has 2 saturated heterocycles. The van der Waals surface area contributed by atoms with Crippen LogP contribution in [0.15, 0.2) is 61.2 Å². The van der Waals surface area contributed by atoms with Crippen LogP contribution in [-0.4, -0.2) is 68.8 Å². The molecule has 7 nitrogen and oxygen atoms in total. The Kier molecular flexibility index (Phi) is 7.78. The van der Waals surface area contributed by atoms with Gasteiger partial charge in [0.15, 0.2) is 0 Å². The third kappa shape index (κ3) is 5.06. The zero-order chi connectivity index (χ0) is 24.9. The lowest BCUT2D eigenvalue weighted by molar-refractivity contribution is -0.127. The molecule has 2 aliphatic heterocycles. The monoisotopic (exact) mass is 475 g/mol. The molecule has 0 bridgehead atoms. The van der Waals surface area contributed by atoms with Gasteiger partial charge in [-0.15, -0.1) is 6.58 Å². The zero-order valence-electron chi connectivity index (χ0n) is 20.4. The summed E-state index contributed by atoms with van der Waals surface area (Å²) in [6, 6.07) is 14.7. The zero-order valence-corrected chi connectivity index (χ0v) is 20.4. The Hall–Kier alpha value is -3.29. The van der Waals surface area contributed by atoms with E-state index in [9.17, 15) is 14.4 Å². The van der Waals surface area contributed by atoms with Crippen molar-refractivity contribution in [2.24, 2.45) is 11.8 Å². The molecule has 7 heteroatoms. The Labute approximate surface area is 207 Å². The van der Waals surface area contributed by atoms with Crippen molar-refractivity contribution in [3.8, 4) is 0 Å². The summed E-state index contributed by atoms with van der Waals surface area (Å²) in [5.74, 6) is -1.66. The fraction of sp³-hybridized carbons (Fsp3) is 0.393. The van der Waals surface area contributed by atoms with Crippen molar-refractivity contribution >= 4 is 29.9 Å². The highest BCUT2D eigenvalue weighted by Gasteiger charge is 2.51. The van der Waals surface area contributed by atoms with Crippen molar-refractivity contribution in [2.45, 2.75) is 25.6 Å². The number of amides is 1. The summed E-state index contributed by atoms with van der Waals surface area (Å²) in [4.78, 5) is 44.0. The molecule has 2 aromatic carbocycles. The maximum Gasteiger partial charge on any atom is 0.232 e. The van der Waals surface area contributed by atoms with Crippen LogP contribution in [0.2, 0.25) is 0 Å². The number of hydrogen-bond acceptors (Lipinski definition) is 6. The largest absolute Gasteiger partial charge is 0.378 e. The molecule has 2 aromatic rings. The van der Waals surface area contributed by atoms with Crippen LogP contribution in [0, 0.1) is 18.8 Å². The number of ether oxygens (including phenoxy) is 1. The Morgan fingerprint density at radius 3 is 2.49 bits per heavy atom. The maximum absolute atomic E-state index is 13.8. The Bertz CT molecular complexity index is 1080. The van der Waals surface area contributed by atoms with E-state index >= 15 is 0 Å². The molecule has 2 heterocycles. The summed E-state index contributed by atoms with van der Waals surface area (Å²) in [6.45, 7) is 9.37. The first-order valence-electron chi connectivity index (χ1n) is 12.0. The minimum Gasteiger partial charge on any atom is -0.378 e. The number of benzene rings is 2. The highest BCUT2D eigenvalue weighted by Crippen LogP contribution is 2.38. The molecule has 4 unspecified atom stereocenters. The van der Waals surface area contributed by atoms with Gasteiger partial charge in [-0.1, -0.05) is 42.0 Å². The number of aldehydes is 2. The van der Waals surface area contributed by atoms with Gasteiger partial charge in [0.2, 0.25) is 5.91 Å². The van der Waals surface area contributed by atoms with Gasteiger partial charge in [-0.25, -0.2) is 0 Å². The second-order valence-corrected chi connectivity index (χ2v) is 9.27. The van der Waals surface area contributed by atoms with Gasteiger partial charge in [-0.3, -0.25) is 9.69 Å². The molecule has 0 saturated carbocycles. The third-order valence-corrected chi connectivity index (χ3v) is 7.14. The van der Waals surface area contributed by atoms with E-state index in [4.69, 9.17) is 4.74 Å². The third-order valence-electron chi connectivity index (χ3n) is 7.14. The fourth-order valence-electron chi connectivity index (χ4n) is 5.30. The summed E-state index contributed by atoms with van der Waals surface area (Å²) in [5.41, 5.74) is 3.90. The van der Waals surface area contributed by atoms with Crippen LogP contribution in [0.4, 0.5) is 11.4 Å². The summed E-state index contributed by atoms with van der Waals surface area (Å²) in [5, 5.41) is 0. The topological polar surface area (TPSA) is 70.2 Å². The van der Waals surface area contributed by atoms with Gasteiger partial charge >= 0.3 is 0 Å². The normalized spacial score (nSPS) is 24.7. The first kappa shape index (κ1) is 24.8. The number of carbonyl (C=O) groups is 3. The van der Waals surface area contributed by atoms with Gasteiger partial charge < -0.3 is 24.1 Å². The van der Waals surface area contributed by atoms with Crippen LogP contribution in [0.3, 0.4) is 0 Å². The van der Waals surface area contributed by atoms with Crippen LogP contribution < -0.4 is 9.80 Å². The molecule has 2 fully saturated rings. The molecular formula is C28H33N3O4. The summed E-state index contributed by atoms with van der Waals surface area (Å²) < 4.78 is 5.45. The standard InChI is InChI=1S/C28H33N3O4/c1-4-25-27(24(18-32)26(19-33)31(25)17-21-8-5-7-20(2)15-21)28(34)29(3)22-9-6-10-23(16-22)30-11-13-35-14-12-30/h4-10,15-16,18-19,24-27H,1,11-14,17H2,2-3H3. The second kappa shape index (κ2) is 11.0. The van der Waals surface area contributed by atoms with E-state index in [1.165, 1.54) is 0 Å². The molecule has 4 rings (SSSR count). The highest BCUT2D eigenvalue weighted by atomic mass is 16.5. The van der Waals surface area contributed by atoms with Crippen molar-refractivity contribution < 1.29 is 19.1 Å². The Balaban J connectivity index is 1.61. The number of aryl methyl sites for hydroxylation is 1. The molecule has 2 aliphatic rings. The first-order chi connectivity index (χ1) is 17.0. The number of likely N-dealkylation sites (tertiary alicyclic amines) is 1. The molecular weight excluding hydrogens is 442 g/mol. The molecule has 4 atom stereocenters. The van der Waals surface area contributed by atoms with E-state index in [-0.39, 0.29) is 5.91 Å². The lowest BCUT2D eigenvalue weighted by Crippen LogP contribution is -2.42. The Morgan fingerprint density at radius 1 is 1.09 bits per heavy atom. The van der Waals surface area contributed by atoms with Crippen LogP contribution >= 0.6 is 0 Å². The van der Waals surface area contributed by atoms with Gasteiger partial charge in [-0.05, 0) is 30.7 Å². The molecule has 0 radical (unpaired) electrons. The van der Waals surface area contributed by atoms with Crippen LogP contribution in [0.1, 0.15) is 11.1 Å². The summed E-state index contributed by atoms with van der Waals surface area (Å²) in [6.07, 6.45) is 3.24. The Morgan fingerprint density at radius 2 is 1.83 bits per heavy atom. The lowest BCUT2D eigenvalue weighted by Gasteiger charge is -2.31. The van der Waals surface area contributed by atoms with Crippen molar-refractivity contribution in [2.75, 3.05) is 43.2 Å². The van der Waals surface area contributed by atoms with E-state index in [2.05, 4.69) is 17.5 Å². The van der Waals surface area contributed by atoms with E-state index < -0.39 is 23.9 Å². The number of anilines is 2. The molecule has 0 aromatic heterocycles. The van der Waals surface area contributed by atoms with Crippen LogP contribution in [0.5, 0.6) is 0 Å². The smallest absolute Gasteiger partial charge is 0.232 e. The van der Waals surface area contributed by atoms with E-state index in [1.807, 2.05) is 54.3 Å². The SMILES string of the molecule is C=CC1C(C(=O)N(C)c2cccc(N3CCOCC3)c2)C(C=O)C(C=O)N1Cc1cccc(C)c1. The van der Waals surface area contributed by atoms with Gasteiger partial charge in [0.25, 0.3) is 0 Å². The van der Waals surface area contributed by atoms with Gasteiger partial charge in [0.05, 0.1) is 31.1 Å². The van der Waals surface area contributed by atoms with Crippen molar-refractivity contribution in [1.82, 2.24) is 4.90 Å². The van der Waals surface area contributed by atoms with Crippen molar-refractivity contribution in [3.05, 3.63) is 72.3 Å². The minimum atomic E-state index is -0.752.